The standard InChI is InChI=1S/C27H44N2O5/c1-6-10-22(26(31)28-5)18-21-12-14-23(15-13-21)34-16-9-7-8-11-24(27(32)29-33)25(20(4)30)17-19(2)3/h12-15,19,22,24-25,33H,6-11,16-18H2,1-5H3,(H,28,31)(H,29,32)/t22-,24-,25-/m0/s1. The summed E-state index contributed by atoms with van der Waals surface area (Å²) < 4.78 is 5.84. The quantitative estimate of drug-likeness (QED) is 0.172. The Kier molecular flexibility index (Phi) is 14.2. The van der Waals surface area contributed by atoms with Crippen molar-refractivity contribution in [3.63, 3.8) is 0 Å². The normalized spacial score (nSPS) is 13.7. The van der Waals surface area contributed by atoms with Gasteiger partial charge in [0.1, 0.15) is 11.5 Å². The van der Waals surface area contributed by atoms with Crippen molar-refractivity contribution in [3.8, 4) is 5.75 Å². The van der Waals surface area contributed by atoms with E-state index in [2.05, 4.69) is 12.2 Å². The molecular weight excluding hydrogens is 432 g/mol. The van der Waals surface area contributed by atoms with Gasteiger partial charge in [-0.15, -0.1) is 0 Å². The predicted molar refractivity (Wildman–Crippen MR) is 134 cm³/mol. The summed E-state index contributed by atoms with van der Waals surface area (Å²) in [5.41, 5.74) is 2.86. The van der Waals surface area contributed by atoms with E-state index in [1.165, 1.54) is 6.92 Å². The minimum Gasteiger partial charge on any atom is -0.494 e. The number of hydroxylamine groups is 1. The molecule has 0 aliphatic rings. The highest BCUT2D eigenvalue weighted by Gasteiger charge is 2.31. The number of rotatable bonds is 17. The van der Waals surface area contributed by atoms with Crippen molar-refractivity contribution in [1.29, 1.82) is 0 Å². The van der Waals surface area contributed by atoms with Crippen molar-refractivity contribution in [1.82, 2.24) is 10.8 Å². The molecule has 1 aromatic carbocycles. The summed E-state index contributed by atoms with van der Waals surface area (Å²) in [6, 6.07) is 7.89. The highest BCUT2D eigenvalue weighted by atomic mass is 16.5. The molecule has 7 heteroatoms. The number of Topliss-reactive ketones (excluding diaryl/α,β-unsaturated/α-hetero) is 1. The number of hydrogen-bond donors (Lipinski definition) is 3. The zero-order valence-corrected chi connectivity index (χ0v) is 21.6. The van der Waals surface area contributed by atoms with Crippen LogP contribution in [0, 0.1) is 23.7 Å². The second kappa shape index (κ2) is 16.3. The van der Waals surface area contributed by atoms with Crippen LogP contribution in [0.1, 0.15) is 78.2 Å². The molecule has 0 aliphatic carbocycles. The Morgan fingerprint density at radius 1 is 0.971 bits per heavy atom. The molecule has 0 fully saturated rings. The van der Waals surface area contributed by atoms with Crippen molar-refractivity contribution >= 4 is 17.6 Å². The molecule has 0 saturated carbocycles. The fraction of sp³-hybridized carbons (Fsp3) is 0.667. The van der Waals surface area contributed by atoms with E-state index in [1.54, 1.807) is 12.5 Å². The van der Waals surface area contributed by atoms with Gasteiger partial charge in [0.15, 0.2) is 0 Å². The number of benzene rings is 1. The van der Waals surface area contributed by atoms with E-state index < -0.39 is 11.8 Å². The topological polar surface area (TPSA) is 105 Å². The van der Waals surface area contributed by atoms with Gasteiger partial charge in [-0.3, -0.25) is 19.6 Å². The van der Waals surface area contributed by atoms with Gasteiger partial charge < -0.3 is 10.1 Å². The Balaban J connectivity index is 2.47. The number of hydrogen-bond acceptors (Lipinski definition) is 5. The van der Waals surface area contributed by atoms with Gasteiger partial charge in [0.05, 0.1) is 6.61 Å². The van der Waals surface area contributed by atoms with Crippen LogP contribution in [0.25, 0.3) is 0 Å². The minimum absolute atomic E-state index is 0.00887. The first-order chi connectivity index (χ1) is 16.2. The zero-order chi connectivity index (χ0) is 25.5. The number of carbonyl (C=O) groups is 3. The van der Waals surface area contributed by atoms with Crippen LogP contribution in [0.5, 0.6) is 5.75 Å². The molecule has 0 saturated heterocycles. The molecule has 0 aliphatic heterocycles. The predicted octanol–water partition coefficient (Wildman–Crippen LogP) is 4.70. The van der Waals surface area contributed by atoms with E-state index >= 15 is 0 Å². The molecule has 0 unspecified atom stereocenters. The lowest BCUT2D eigenvalue weighted by Crippen LogP contribution is -2.36. The molecule has 192 valence electrons. The van der Waals surface area contributed by atoms with E-state index in [0.29, 0.717) is 31.8 Å². The van der Waals surface area contributed by atoms with Gasteiger partial charge >= 0.3 is 0 Å². The first-order valence-electron chi connectivity index (χ1n) is 12.6. The zero-order valence-electron chi connectivity index (χ0n) is 21.6. The Morgan fingerprint density at radius 3 is 2.18 bits per heavy atom. The van der Waals surface area contributed by atoms with Crippen LogP contribution < -0.4 is 15.5 Å². The lowest BCUT2D eigenvalue weighted by atomic mass is 9.79. The van der Waals surface area contributed by atoms with Gasteiger partial charge in [-0.05, 0) is 62.6 Å². The largest absolute Gasteiger partial charge is 0.494 e. The third-order valence-electron chi connectivity index (χ3n) is 6.27. The summed E-state index contributed by atoms with van der Waals surface area (Å²) in [6.45, 7) is 8.22. The molecule has 0 aromatic heterocycles. The van der Waals surface area contributed by atoms with Crippen LogP contribution in [0.3, 0.4) is 0 Å². The number of nitrogens with one attached hydrogen (secondary N) is 2. The molecule has 0 heterocycles. The molecule has 1 rings (SSSR count). The summed E-state index contributed by atoms with van der Waals surface area (Å²) in [5, 5.41) is 11.9. The number of ketones is 1. The number of ether oxygens (including phenoxy) is 1. The molecule has 3 atom stereocenters. The van der Waals surface area contributed by atoms with Crippen LogP contribution in [0.15, 0.2) is 24.3 Å². The second-order valence-corrected chi connectivity index (χ2v) is 9.57. The van der Waals surface area contributed by atoms with Crippen molar-refractivity contribution in [2.24, 2.45) is 23.7 Å². The summed E-state index contributed by atoms with van der Waals surface area (Å²) in [6.07, 6.45) is 6.22. The van der Waals surface area contributed by atoms with Gasteiger partial charge in [0.25, 0.3) is 0 Å². The molecule has 2 amide bonds. The van der Waals surface area contributed by atoms with Crippen molar-refractivity contribution in [2.75, 3.05) is 13.7 Å². The highest BCUT2D eigenvalue weighted by molar-refractivity contribution is 5.87. The molecule has 3 N–H and O–H groups in total. The van der Waals surface area contributed by atoms with Crippen molar-refractivity contribution in [3.05, 3.63) is 29.8 Å². The smallest absolute Gasteiger partial charge is 0.247 e. The monoisotopic (exact) mass is 476 g/mol. The maximum Gasteiger partial charge on any atom is 0.247 e. The molecule has 34 heavy (non-hydrogen) atoms. The summed E-state index contributed by atoms with van der Waals surface area (Å²) in [7, 11) is 1.68. The van der Waals surface area contributed by atoms with Gasteiger partial charge in [0, 0.05) is 24.8 Å². The van der Waals surface area contributed by atoms with Gasteiger partial charge in [0.2, 0.25) is 11.8 Å². The Morgan fingerprint density at radius 2 is 1.65 bits per heavy atom. The molecule has 7 nitrogen and oxygen atoms in total. The van der Waals surface area contributed by atoms with Crippen LogP contribution in [0.2, 0.25) is 0 Å². The van der Waals surface area contributed by atoms with Gasteiger partial charge in [-0.25, -0.2) is 5.48 Å². The lowest BCUT2D eigenvalue weighted by molar-refractivity contribution is -0.139. The number of carbonyl (C=O) groups excluding carboxylic acids is 3. The SMILES string of the molecule is CCC[C@@H](Cc1ccc(OCCCCC[C@H](C(=O)NO)[C@@H](CC(C)C)C(C)=O)cc1)C(=O)NC. The van der Waals surface area contributed by atoms with Crippen LogP contribution in [0.4, 0.5) is 0 Å². The summed E-state index contributed by atoms with van der Waals surface area (Å²) in [5.74, 6) is -0.209. The van der Waals surface area contributed by atoms with E-state index in [4.69, 9.17) is 9.94 Å². The first kappa shape index (κ1) is 29.6. The average Bonchev–Trinajstić information content (AvgIpc) is 2.81. The van der Waals surface area contributed by atoms with E-state index in [9.17, 15) is 14.4 Å². The first-order valence-corrected chi connectivity index (χ1v) is 12.6. The van der Waals surface area contributed by atoms with Crippen LogP contribution in [-0.2, 0) is 20.8 Å². The molecule has 0 spiro atoms. The summed E-state index contributed by atoms with van der Waals surface area (Å²) >= 11 is 0. The maximum atomic E-state index is 12.2. The average molecular weight is 477 g/mol. The highest BCUT2D eigenvalue weighted by Crippen LogP contribution is 2.27. The van der Waals surface area contributed by atoms with Crippen LogP contribution >= 0.6 is 0 Å². The third-order valence-corrected chi connectivity index (χ3v) is 6.27. The fourth-order valence-electron chi connectivity index (χ4n) is 4.44. The number of unbranched alkanes of at least 4 members (excludes halogenated alkanes) is 2. The van der Waals surface area contributed by atoms with E-state index in [-0.39, 0.29) is 23.5 Å². The van der Waals surface area contributed by atoms with Gasteiger partial charge in [-0.2, -0.15) is 0 Å². The molecule has 1 aromatic rings. The molecule has 0 bridgehead atoms. The number of amides is 2. The summed E-state index contributed by atoms with van der Waals surface area (Å²) in [4.78, 5) is 36.3. The second-order valence-electron chi connectivity index (χ2n) is 9.57. The van der Waals surface area contributed by atoms with Crippen molar-refractivity contribution in [2.45, 2.75) is 79.1 Å². The maximum absolute atomic E-state index is 12.2. The third kappa shape index (κ3) is 10.7. The lowest BCUT2D eigenvalue weighted by Gasteiger charge is -2.25. The van der Waals surface area contributed by atoms with Crippen molar-refractivity contribution < 1.29 is 24.3 Å². The fourth-order valence-corrected chi connectivity index (χ4v) is 4.44. The Hall–Kier alpha value is -2.41. The Labute approximate surface area is 205 Å². The van der Waals surface area contributed by atoms with E-state index in [1.807, 2.05) is 38.1 Å². The van der Waals surface area contributed by atoms with Gasteiger partial charge in [-0.1, -0.05) is 52.2 Å². The van der Waals surface area contributed by atoms with E-state index in [0.717, 1.165) is 43.4 Å². The van der Waals surface area contributed by atoms with Crippen LogP contribution in [-0.4, -0.2) is 36.5 Å². The minimum atomic E-state index is -0.510. The molecular formula is C27H44N2O5. The molecule has 0 radical (unpaired) electrons. The Bertz CT molecular complexity index is 748.